The second kappa shape index (κ2) is 19.7. The van der Waals surface area contributed by atoms with E-state index in [1.807, 2.05) is 27.7 Å². The topological polar surface area (TPSA) is 83.1 Å². The summed E-state index contributed by atoms with van der Waals surface area (Å²) in [5.41, 5.74) is 0. The summed E-state index contributed by atoms with van der Waals surface area (Å²) in [5.74, 6) is -0.223. The zero-order chi connectivity index (χ0) is 23.4. The Morgan fingerprint density at radius 3 is 1.55 bits per heavy atom. The summed E-state index contributed by atoms with van der Waals surface area (Å²) >= 11 is 0. The number of nitrogens with one attached hydrogen (secondary N) is 1. The zero-order valence-electron chi connectivity index (χ0n) is 20.7. The molecule has 0 spiro atoms. The molecule has 0 bridgehead atoms. The molecule has 0 aromatic rings. The Bertz CT molecular complexity index is 486. The smallest absolute Gasteiger partial charge is 0.309 e. The van der Waals surface area contributed by atoms with Crippen LogP contribution in [0.15, 0.2) is 0 Å². The van der Waals surface area contributed by atoms with Gasteiger partial charge in [0.05, 0.1) is 32.6 Å². The second-order valence-corrected chi connectivity index (χ2v) is 12.0. The molecule has 0 aliphatic heterocycles. The van der Waals surface area contributed by atoms with Crippen molar-refractivity contribution in [3.63, 3.8) is 0 Å². The van der Waals surface area contributed by atoms with E-state index in [2.05, 4.69) is 12.2 Å². The molecule has 9 heteroatoms. The molecule has 0 saturated carbocycles. The van der Waals surface area contributed by atoms with Gasteiger partial charge in [-0.05, 0) is 53.5 Å². The summed E-state index contributed by atoms with van der Waals surface area (Å²) in [6.07, 6.45) is 11.1. The minimum absolute atomic E-state index is 0.223. The molecular formula is C22H49NO6P2. The molecule has 0 radical (unpaired) electrons. The second-order valence-electron chi connectivity index (χ2n) is 7.63. The van der Waals surface area contributed by atoms with Crippen molar-refractivity contribution in [1.29, 1.82) is 0 Å². The highest BCUT2D eigenvalue weighted by Gasteiger charge is 2.34. The van der Waals surface area contributed by atoms with Crippen molar-refractivity contribution >= 4 is 15.2 Å². The first-order valence-corrected chi connectivity index (χ1v) is 15.8. The monoisotopic (exact) mass is 485 g/mol. The van der Waals surface area contributed by atoms with Gasteiger partial charge in [-0.1, -0.05) is 51.9 Å². The van der Waals surface area contributed by atoms with Gasteiger partial charge in [0.1, 0.15) is 5.78 Å². The Kier molecular flexibility index (Phi) is 19.9. The van der Waals surface area contributed by atoms with Gasteiger partial charge in [0.15, 0.2) is 0 Å². The van der Waals surface area contributed by atoms with E-state index in [0.29, 0.717) is 32.6 Å². The molecule has 0 aliphatic rings. The Labute approximate surface area is 191 Å². The van der Waals surface area contributed by atoms with Crippen molar-refractivity contribution in [1.82, 2.24) is 5.32 Å². The lowest BCUT2D eigenvalue weighted by molar-refractivity contribution is 0.205. The molecule has 0 rings (SSSR count). The van der Waals surface area contributed by atoms with E-state index < -0.39 is 15.2 Å². The number of unbranched alkanes of at least 4 members (excludes halogenated alkanes) is 7. The summed E-state index contributed by atoms with van der Waals surface area (Å²) in [5, 5.41) is 3.38. The fourth-order valence-electron chi connectivity index (χ4n) is 3.52. The van der Waals surface area contributed by atoms with Gasteiger partial charge in [0.2, 0.25) is 0 Å². The van der Waals surface area contributed by atoms with Gasteiger partial charge in [-0.3, -0.25) is 9.13 Å². The summed E-state index contributed by atoms with van der Waals surface area (Å²) < 4.78 is 47.3. The third-order valence-electron chi connectivity index (χ3n) is 4.94. The molecule has 0 fully saturated rings. The van der Waals surface area contributed by atoms with Gasteiger partial charge in [-0.15, -0.1) is 0 Å². The molecule has 1 unspecified atom stereocenters. The Morgan fingerprint density at radius 1 is 0.645 bits per heavy atom. The van der Waals surface area contributed by atoms with Crippen LogP contribution in [0.5, 0.6) is 0 Å². The van der Waals surface area contributed by atoms with Crippen LogP contribution >= 0.6 is 15.2 Å². The van der Waals surface area contributed by atoms with E-state index in [4.69, 9.17) is 18.1 Å². The van der Waals surface area contributed by atoms with Crippen molar-refractivity contribution in [2.45, 2.75) is 105 Å². The maximum Gasteiger partial charge on any atom is 0.347 e. The van der Waals surface area contributed by atoms with E-state index in [1.54, 1.807) is 0 Å². The van der Waals surface area contributed by atoms with Gasteiger partial charge >= 0.3 is 15.2 Å². The minimum atomic E-state index is -3.11. The summed E-state index contributed by atoms with van der Waals surface area (Å²) in [6, 6.07) is 0. The first kappa shape index (κ1) is 31.3. The van der Waals surface area contributed by atoms with Crippen molar-refractivity contribution in [2.24, 2.45) is 0 Å². The largest absolute Gasteiger partial charge is 0.347 e. The molecule has 0 saturated heterocycles. The summed E-state index contributed by atoms with van der Waals surface area (Å²) in [4.78, 5) is 0. The highest BCUT2D eigenvalue weighted by molar-refractivity contribution is 7.54. The van der Waals surface area contributed by atoms with E-state index in [9.17, 15) is 9.13 Å². The van der Waals surface area contributed by atoms with E-state index in [0.717, 1.165) is 51.5 Å². The van der Waals surface area contributed by atoms with Crippen molar-refractivity contribution in [3.05, 3.63) is 0 Å². The first-order valence-electron chi connectivity index (χ1n) is 12.4. The molecule has 0 aliphatic carbocycles. The summed E-state index contributed by atoms with van der Waals surface area (Å²) in [7, 11) is -5.99. The molecule has 31 heavy (non-hydrogen) atoms. The van der Waals surface area contributed by atoms with Gasteiger partial charge in [-0.2, -0.15) is 0 Å². The SMILES string of the molecule is CCCNC(CCCCCCCCCCP(=O)(OCC)OCC)P(=O)(OCC)OCC. The first-order chi connectivity index (χ1) is 14.9. The fourth-order valence-corrected chi connectivity index (χ4v) is 7.26. The van der Waals surface area contributed by atoms with Crippen LogP contribution in [0.2, 0.25) is 0 Å². The summed E-state index contributed by atoms with van der Waals surface area (Å²) in [6.45, 7) is 12.0. The van der Waals surface area contributed by atoms with Crippen molar-refractivity contribution in [2.75, 3.05) is 39.1 Å². The number of rotatable bonds is 23. The van der Waals surface area contributed by atoms with Gasteiger partial charge < -0.3 is 23.4 Å². The molecule has 0 aromatic carbocycles. The molecule has 0 heterocycles. The quantitative estimate of drug-likeness (QED) is 0.120. The van der Waals surface area contributed by atoms with Gasteiger partial charge in [0.25, 0.3) is 0 Å². The molecular weight excluding hydrogens is 436 g/mol. The third-order valence-corrected chi connectivity index (χ3v) is 9.55. The van der Waals surface area contributed by atoms with Gasteiger partial charge in [0, 0.05) is 0 Å². The predicted octanol–water partition coefficient (Wildman–Crippen LogP) is 7.36. The molecule has 1 atom stereocenters. The Hall–Kier alpha value is 0.260. The standard InChI is InChI=1S/C22H49NO6P2/c1-6-20-23-22(31(25,28-9-4)29-10-5)19-17-15-13-11-12-14-16-18-21-30(24,26-7-2)27-8-3/h22-23H,6-21H2,1-5H3. The lowest BCUT2D eigenvalue weighted by atomic mass is 10.1. The lowest BCUT2D eigenvalue weighted by Gasteiger charge is -2.27. The predicted molar refractivity (Wildman–Crippen MR) is 130 cm³/mol. The van der Waals surface area contributed by atoms with Crippen LogP contribution in [-0.2, 0) is 27.2 Å². The van der Waals surface area contributed by atoms with Crippen LogP contribution in [0, 0.1) is 0 Å². The zero-order valence-corrected chi connectivity index (χ0v) is 22.5. The van der Waals surface area contributed by atoms with E-state index in [-0.39, 0.29) is 5.78 Å². The molecule has 1 N–H and O–H groups in total. The molecule has 0 amide bonds. The highest BCUT2D eigenvalue weighted by Crippen LogP contribution is 2.53. The normalized spacial score (nSPS) is 13.6. The van der Waals surface area contributed by atoms with Crippen LogP contribution in [-0.4, -0.2) is 44.9 Å². The molecule has 0 aromatic heterocycles. The van der Waals surface area contributed by atoms with Crippen LogP contribution in [0.3, 0.4) is 0 Å². The maximum absolute atomic E-state index is 13.1. The van der Waals surface area contributed by atoms with Gasteiger partial charge in [-0.25, -0.2) is 0 Å². The Morgan fingerprint density at radius 2 is 1.10 bits per heavy atom. The average Bonchev–Trinajstić information content (AvgIpc) is 2.72. The minimum Gasteiger partial charge on any atom is -0.309 e. The lowest BCUT2D eigenvalue weighted by Crippen LogP contribution is -2.31. The maximum atomic E-state index is 13.1. The Balaban J connectivity index is 4.06. The number of hydrogen-bond acceptors (Lipinski definition) is 7. The highest BCUT2D eigenvalue weighted by atomic mass is 31.2. The van der Waals surface area contributed by atoms with E-state index in [1.165, 1.54) is 19.3 Å². The van der Waals surface area contributed by atoms with Crippen LogP contribution in [0.4, 0.5) is 0 Å². The van der Waals surface area contributed by atoms with Crippen LogP contribution in [0.1, 0.15) is 98.8 Å². The fraction of sp³-hybridized carbons (Fsp3) is 1.00. The third kappa shape index (κ3) is 14.9. The van der Waals surface area contributed by atoms with Crippen LogP contribution < -0.4 is 5.32 Å². The van der Waals surface area contributed by atoms with Crippen molar-refractivity contribution < 1.29 is 27.2 Å². The number of hydrogen-bond donors (Lipinski definition) is 1. The van der Waals surface area contributed by atoms with Crippen LogP contribution in [0.25, 0.3) is 0 Å². The average molecular weight is 486 g/mol. The van der Waals surface area contributed by atoms with Crippen molar-refractivity contribution in [3.8, 4) is 0 Å². The van der Waals surface area contributed by atoms with E-state index >= 15 is 0 Å². The molecule has 188 valence electrons. The molecule has 7 nitrogen and oxygen atoms in total.